The van der Waals surface area contributed by atoms with Crippen LogP contribution in [0.25, 0.3) is 0 Å². The predicted molar refractivity (Wildman–Crippen MR) is 128 cm³/mol. The average Bonchev–Trinajstić information content (AvgIpc) is 2.86. The lowest BCUT2D eigenvalue weighted by Gasteiger charge is -2.37. The van der Waals surface area contributed by atoms with Crippen LogP contribution in [0, 0.1) is 0 Å². The van der Waals surface area contributed by atoms with Crippen molar-refractivity contribution in [2.75, 3.05) is 17.3 Å². The number of ether oxygens (including phenoxy) is 1. The molecular formula is C26H24N2O4S. The third-order valence-corrected chi connectivity index (χ3v) is 6.48. The molecule has 33 heavy (non-hydrogen) atoms. The zero-order valence-corrected chi connectivity index (χ0v) is 19.0. The van der Waals surface area contributed by atoms with E-state index in [0.717, 1.165) is 27.5 Å². The van der Waals surface area contributed by atoms with Crippen molar-refractivity contribution in [3.8, 4) is 0 Å². The van der Waals surface area contributed by atoms with Crippen LogP contribution in [0.3, 0.4) is 0 Å². The topological polar surface area (TPSA) is 75.7 Å². The number of rotatable bonds is 6. The summed E-state index contributed by atoms with van der Waals surface area (Å²) < 4.78 is 5.37. The molecule has 4 rings (SSSR count). The van der Waals surface area contributed by atoms with Gasteiger partial charge < -0.3 is 10.1 Å². The van der Waals surface area contributed by atoms with Crippen LogP contribution in [-0.4, -0.2) is 30.1 Å². The summed E-state index contributed by atoms with van der Waals surface area (Å²) in [5.74, 6) is -0.239. The number of amides is 2. The van der Waals surface area contributed by atoms with Crippen LogP contribution < -0.4 is 10.2 Å². The van der Waals surface area contributed by atoms with Gasteiger partial charge in [-0.25, -0.2) is 4.79 Å². The number of carbonyl (C=O) groups excluding carboxylic acids is 3. The second kappa shape index (κ2) is 10.4. The zero-order chi connectivity index (χ0) is 23.2. The zero-order valence-electron chi connectivity index (χ0n) is 18.2. The molecule has 0 spiro atoms. The molecule has 0 aliphatic carbocycles. The van der Waals surface area contributed by atoms with Crippen LogP contribution >= 0.6 is 11.8 Å². The van der Waals surface area contributed by atoms with Crippen molar-refractivity contribution in [1.82, 2.24) is 5.32 Å². The molecule has 1 N–H and O–H groups in total. The van der Waals surface area contributed by atoms with E-state index in [4.69, 9.17) is 4.74 Å². The Labute approximate surface area is 196 Å². The lowest BCUT2D eigenvalue weighted by molar-refractivity contribution is -0.122. The first-order valence-electron chi connectivity index (χ1n) is 10.6. The summed E-state index contributed by atoms with van der Waals surface area (Å²) in [5.41, 5.74) is 3.08. The number of nitrogens with one attached hydrogen (secondary N) is 1. The minimum Gasteiger partial charge on any atom is -0.452 e. The minimum atomic E-state index is -0.564. The van der Waals surface area contributed by atoms with Crippen LogP contribution in [-0.2, 0) is 20.9 Å². The number of nitrogens with zero attached hydrogens (tertiary/aromatic N) is 1. The summed E-state index contributed by atoms with van der Waals surface area (Å²) in [5, 5.41) is 2.71. The number of anilines is 1. The number of para-hydroxylation sites is 1. The largest absolute Gasteiger partial charge is 0.452 e. The van der Waals surface area contributed by atoms with Gasteiger partial charge in [0.05, 0.1) is 17.3 Å². The maximum absolute atomic E-state index is 13.3. The standard InChI is InChI=1S/C26H24N2O4S/c1-18(29)27-15-19-11-13-21(14-12-19)26(31)32-16-25(30)28-22-9-5-6-10-24(22)33-17-23(28)20-7-3-2-4-8-20/h2-14,23H,15-17H2,1H3,(H,27,29). The number of carbonyl (C=O) groups is 3. The van der Waals surface area contributed by atoms with Crippen molar-refractivity contribution in [2.24, 2.45) is 0 Å². The lowest BCUT2D eigenvalue weighted by atomic mass is 10.1. The van der Waals surface area contributed by atoms with E-state index in [2.05, 4.69) is 5.32 Å². The fourth-order valence-corrected chi connectivity index (χ4v) is 4.85. The molecule has 1 aliphatic rings. The van der Waals surface area contributed by atoms with E-state index in [1.165, 1.54) is 6.92 Å². The number of hydrogen-bond donors (Lipinski definition) is 1. The van der Waals surface area contributed by atoms with Crippen molar-refractivity contribution in [2.45, 2.75) is 24.4 Å². The predicted octanol–water partition coefficient (Wildman–Crippen LogP) is 4.36. The third-order valence-electron chi connectivity index (χ3n) is 5.34. The monoisotopic (exact) mass is 460 g/mol. The number of esters is 1. The molecular weight excluding hydrogens is 436 g/mol. The van der Waals surface area contributed by atoms with Crippen molar-refractivity contribution in [3.05, 3.63) is 95.6 Å². The quantitative estimate of drug-likeness (QED) is 0.553. The first-order chi connectivity index (χ1) is 16.0. The molecule has 3 aromatic rings. The molecule has 1 aliphatic heterocycles. The van der Waals surface area contributed by atoms with E-state index in [1.807, 2.05) is 54.6 Å². The van der Waals surface area contributed by atoms with Crippen LogP contribution in [0.2, 0.25) is 0 Å². The van der Waals surface area contributed by atoms with Gasteiger partial charge in [-0.15, -0.1) is 11.8 Å². The van der Waals surface area contributed by atoms with Crippen LogP contribution in [0.1, 0.15) is 34.5 Å². The Balaban J connectivity index is 1.46. The van der Waals surface area contributed by atoms with Crippen molar-refractivity contribution >= 4 is 35.2 Å². The average molecular weight is 461 g/mol. The first kappa shape index (κ1) is 22.6. The highest BCUT2D eigenvalue weighted by atomic mass is 32.2. The van der Waals surface area contributed by atoms with Crippen molar-refractivity contribution < 1.29 is 19.1 Å². The highest BCUT2D eigenvalue weighted by molar-refractivity contribution is 7.99. The lowest BCUT2D eigenvalue weighted by Crippen LogP contribution is -2.41. The van der Waals surface area contributed by atoms with Crippen LogP contribution in [0.4, 0.5) is 5.69 Å². The van der Waals surface area contributed by atoms with Gasteiger partial charge in [0.15, 0.2) is 6.61 Å². The Bertz CT molecular complexity index is 1150. The van der Waals surface area contributed by atoms with E-state index in [1.54, 1.807) is 40.9 Å². The Morgan fingerprint density at radius 3 is 2.39 bits per heavy atom. The van der Waals surface area contributed by atoms with Crippen molar-refractivity contribution in [3.63, 3.8) is 0 Å². The molecule has 1 atom stereocenters. The van der Waals surface area contributed by atoms with Gasteiger partial charge in [0.2, 0.25) is 5.91 Å². The molecule has 0 fully saturated rings. The second-order valence-electron chi connectivity index (χ2n) is 7.65. The summed E-state index contributed by atoms with van der Waals surface area (Å²) in [6.45, 7) is 1.48. The fourth-order valence-electron chi connectivity index (χ4n) is 3.68. The van der Waals surface area contributed by atoms with Crippen LogP contribution in [0.15, 0.2) is 83.8 Å². The van der Waals surface area contributed by atoms with E-state index in [9.17, 15) is 14.4 Å². The van der Waals surface area contributed by atoms with Gasteiger partial charge in [-0.3, -0.25) is 14.5 Å². The van der Waals surface area contributed by atoms with E-state index in [0.29, 0.717) is 12.1 Å². The molecule has 3 aromatic carbocycles. The SMILES string of the molecule is CC(=O)NCc1ccc(C(=O)OCC(=O)N2c3ccccc3SCC2c2ccccc2)cc1. The molecule has 6 nitrogen and oxygen atoms in total. The Hall–Kier alpha value is -3.58. The minimum absolute atomic E-state index is 0.122. The van der Waals surface area contributed by atoms with Gasteiger partial charge in [-0.05, 0) is 35.4 Å². The molecule has 0 radical (unpaired) electrons. The number of thioether (sulfide) groups is 1. The van der Waals surface area contributed by atoms with E-state index in [-0.39, 0.29) is 24.5 Å². The molecule has 0 saturated carbocycles. The Morgan fingerprint density at radius 1 is 0.970 bits per heavy atom. The molecule has 0 saturated heterocycles. The second-order valence-corrected chi connectivity index (χ2v) is 8.71. The molecule has 2 amide bonds. The van der Waals surface area contributed by atoms with Gasteiger partial charge in [0, 0.05) is 24.1 Å². The van der Waals surface area contributed by atoms with Gasteiger partial charge >= 0.3 is 5.97 Å². The normalized spacial score (nSPS) is 14.8. The Kier molecular flexibility index (Phi) is 7.10. The Morgan fingerprint density at radius 2 is 1.67 bits per heavy atom. The maximum Gasteiger partial charge on any atom is 0.338 e. The number of fused-ring (bicyclic) bond motifs is 1. The smallest absolute Gasteiger partial charge is 0.338 e. The number of benzene rings is 3. The summed E-state index contributed by atoms with van der Waals surface area (Å²) in [7, 11) is 0. The third kappa shape index (κ3) is 5.43. The molecule has 0 aromatic heterocycles. The molecule has 7 heteroatoms. The first-order valence-corrected chi connectivity index (χ1v) is 11.6. The highest BCUT2D eigenvalue weighted by Gasteiger charge is 2.32. The highest BCUT2D eigenvalue weighted by Crippen LogP contribution is 2.43. The molecule has 1 heterocycles. The van der Waals surface area contributed by atoms with E-state index < -0.39 is 5.97 Å². The van der Waals surface area contributed by atoms with Gasteiger partial charge in [0.1, 0.15) is 0 Å². The molecule has 0 bridgehead atoms. The molecule has 168 valence electrons. The number of hydrogen-bond acceptors (Lipinski definition) is 5. The maximum atomic E-state index is 13.3. The van der Waals surface area contributed by atoms with Gasteiger partial charge in [-0.1, -0.05) is 54.6 Å². The summed E-state index contributed by atoms with van der Waals surface area (Å²) in [4.78, 5) is 39.6. The fraction of sp³-hybridized carbons (Fsp3) is 0.192. The molecule has 1 unspecified atom stereocenters. The van der Waals surface area contributed by atoms with Crippen LogP contribution in [0.5, 0.6) is 0 Å². The van der Waals surface area contributed by atoms with Gasteiger partial charge in [-0.2, -0.15) is 0 Å². The van der Waals surface area contributed by atoms with Gasteiger partial charge in [0.25, 0.3) is 5.91 Å². The summed E-state index contributed by atoms with van der Waals surface area (Å²) >= 11 is 1.71. The van der Waals surface area contributed by atoms with Crippen molar-refractivity contribution in [1.29, 1.82) is 0 Å². The van der Waals surface area contributed by atoms with E-state index >= 15 is 0 Å². The summed E-state index contributed by atoms with van der Waals surface area (Å²) in [6.07, 6.45) is 0. The summed E-state index contributed by atoms with van der Waals surface area (Å²) in [6, 6.07) is 24.3.